The van der Waals surface area contributed by atoms with Crippen molar-refractivity contribution >= 4 is 11.9 Å². The van der Waals surface area contributed by atoms with Gasteiger partial charge in [-0.15, -0.1) is 0 Å². The molecule has 4 nitrogen and oxygen atoms in total. The van der Waals surface area contributed by atoms with Crippen LogP contribution < -0.4 is 0 Å². The largest absolute Gasteiger partial charge is 0.422 e. The predicted molar refractivity (Wildman–Crippen MR) is 107 cm³/mol. The normalized spacial score (nSPS) is 43.8. The average molecular weight is 389 g/mol. The molecule has 0 saturated heterocycles. The molecule has 3 fully saturated rings. The van der Waals surface area contributed by atoms with E-state index in [1.165, 1.54) is 45.1 Å². The van der Waals surface area contributed by atoms with Crippen molar-refractivity contribution in [2.45, 2.75) is 91.8 Å². The van der Waals surface area contributed by atoms with Crippen molar-refractivity contribution in [2.75, 3.05) is 0 Å². The minimum atomic E-state index is -1.11. The third-order valence-electron chi connectivity index (χ3n) is 9.24. The standard InChI is InChI=1S/C24H36O4/c1-15-6-9-20-19-8-7-18-14-24(27-16(2)25,28-17(3)26)13-12-23(18,5)21(19)10-11-22(15,20)4/h7,15,19-21H,6,8-14H2,1-5H3/t15-,19-,20-,21-,22+,23-/m0/s1. The molecule has 4 heteroatoms. The summed E-state index contributed by atoms with van der Waals surface area (Å²) in [5.74, 6) is 1.27. The second-order valence-corrected chi connectivity index (χ2v) is 10.6. The highest BCUT2D eigenvalue weighted by Gasteiger charge is 2.59. The lowest BCUT2D eigenvalue weighted by Crippen LogP contribution is -2.53. The summed E-state index contributed by atoms with van der Waals surface area (Å²) in [4.78, 5) is 23.4. The fourth-order valence-corrected chi connectivity index (χ4v) is 7.59. The molecule has 0 spiro atoms. The van der Waals surface area contributed by atoms with E-state index in [9.17, 15) is 9.59 Å². The summed E-state index contributed by atoms with van der Waals surface area (Å²) in [6.45, 7) is 10.2. The molecule has 6 atom stereocenters. The Bertz CT molecular complexity index is 693. The topological polar surface area (TPSA) is 52.6 Å². The predicted octanol–water partition coefficient (Wildman–Crippen LogP) is 5.41. The van der Waals surface area contributed by atoms with E-state index in [-0.39, 0.29) is 17.4 Å². The van der Waals surface area contributed by atoms with Crippen LogP contribution in [0.5, 0.6) is 0 Å². The van der Waals surface area contributed by atoms with Gasteiger partial charge in [-0.3, -0.25) is 9.59 Å². The molecule has 0 aromatic heterocycles. The van der Waals surface area contributed by atoms with Gasteiger partial charge in [0.1, 0.15) is 0 Å². The number of carbonyl (C=O) groups is 2. The lowest BCUT2D eigenvalue weighted by Gasteiger charge is -2.58. The van der Waals surface area contributed by atoms with E-state index in [4.69, 9.17) is 9.47 Å². The van der Waals surface area contributed by atoms with Crippen LogP contribution >= 0.6 is 0 Å². The number of ether oxygens (including phenoxy) is 2. The Kier molecular flexibility index (Phi) is 4.71. The number of rotatable bonds is 2. The highest BCUT2D eigenvalue weighted by Crippen LogP contribution is 2.66. The lowest BCUT2D eigenvalue weighted by molar-refractivity contribution is -0.238. The lowest BCUT2D eigenvalue weighted by atomic mass is 9.47. The highest BCUT2D eigenvalue weighted by molar-refractivity contribution is 5.69. The molecule has 0 unspecified atom stereocenters. The maximum absolute atomic E-state index is 11.7. The molecule has 0 aromatic carbocycles. The van der Waals surface area contributed by atoms with Crippen LogP contribution in [0.3, 0.4) is 0 Å². The summed E-state index contributed by atoms with van der Waals surface area (Å²) in [7, 11) is 0. The van der Waals surface area contributed by atoms with E-state index in [1.54, 1.807) is 0 Å². The first-order valence-corrected chi connectivity index (χ1v) is 11.2. The SMILES string of the molecule is CC(=O)OC1(OC(C)=O)CC[C@@]2(C)C(=CC[C@H]3[C@@H]4CC[C@H](C)[C@@]4(C)CC[C@@H]32)C1. The third-order valence-corrected chi connectivity index (χ3v) is 9.24. The van der Waals surface area contributed by atoms with Crippen molar-refractivity contribution in [3.63, 3.8) is 0 Å². The second-order valence-electron chi connectivity index (χ2n) is 10.6. The van der Waals surface area contributed by atoms with Gasteiger partial charge in [0.05, 0.1) is 0 Å². The van der Waals surface area contributed by atoms with E-state index < -0.39 is 5.79 Å². The van der Waals surface area contributed by atoms with Crippen molar-refractivity contribution in [2.24, 2.45) is 34.5 Å². The van der Waals surface area contributed by atoms with Gasteiger partial charge in [0.2, 0.25) is 0 Å². The minimum Gasteiger partial charge on any atom is -0.422 e. The fraction of sp³-hybridized carbons (Fsp3) is 0.833. The van der Waals surface area contributed by atoms with Gasteiger partial charge in [-0.1, -0.05) is 32.4 Å². The van der Waals surface area contributed by atoms with Gasteiger partial charge in [-0.2, -0.15) is 0 Å². The number of hydrogen-bond donors (Lipinski definition) is 0. The fourth-order valence-electron chi connectivity index (χ4n) is 7.59. The van der Waals surface area contributed by atoms with Gasteiger partial charge in [0, 0.05) is 26.7 Å². The zero-order valence-electron chi connectivity index (χ0n) is 18.2. The van der Waals surface area contributed by atoms with E-state index in [1.807, 2.05) is 0 Å². The van der Waals surface area contributed by atoms with Crippen LogP contribution in [-0.2, 0) is 19.1 Å². The molecule has 0 aromatic rings. The minimum absolute atomic E-state index is 0.139. The Morgan fingerprint density at radius 2 is 1.64 bits per heavy atom. The maximum Gasteiger partial charge on any atom is 0.305 e. The summed E-state index contributed by atoms with van der Waals surface area (Å²) >= 11 is 0. The molecule has 0 heterocycles. The van der Waals surface area contributed by atoms with Gasteiger partial charge in [0.15, 0.2) is 0 Å². The van der Waals surface area contributed by atoms with Gasteiger partial charge in [-0.25, -0.2) is 0 Å². The second kappa shape index (κ2) is 6.60. The molecule has 156 valence electrons. The summed E-state index contributed by atoms with van der Waals surface area (Å²) in [6, 6.07) is 0. The number of fused-ring (bicyclic) bond motifs is 5. The van der Waals surface area contributed by atoms with Crippen molar-refractivity contribution in [3.05, 3.63) is 11.6 Å². The van der Waals surface area contributed by atoms with Crippen molar-refractivity contribution < 1.29 is 19.1 Å². The van der Waals surface area contributed by atoms with E-state index in [0.717, 1.165) is 30.6 Å². The van der Waals surface area contributed by atoms with Crippen LogP contribution in [0.4, 0.5) is 0 Å². The Hall–Kier alpha value is -1.32. The quantitative estimate of drug-likeness (QED) is 0.361. The summed E-state index contributed by atoms with van der Waals surface area (Å²) in [5.41, 5.74) is 1.99. The molecular formula is C24H36O4. The molecule has 0 radical (unpaired) electrons. The molecule has 3 saturated carbocycles. The first kappa shape index (κ1) is 20.0. The number of carbonyl (C=O) groups excluding carboxylic acids is 2. The molecule has 0 aliphatic heterocycles. The van der Waals surface area contributed by atoms with Crippen LogP contribution in [0, 0.1) is 34.5 Å². The van der Waals surface area contributed by atoms with Gasteiger partial charge >= 0.3 is 11.9 Å². The zero-order valence-corrected chi connectivity index (χ0v) is 18.2. The van der Waals surface area contributed by atoms with Gasteiger partial charge < -0.3 is 9.47 Å². The van der Waals surface area contributed by atoms with Crippen LogP contribution in [-0.4, -0.2) is 17.7 Å². The van der Waals surface area contributed by atoms with Crippen molar-refractivity contribution in [1.29, 1.82) is 0 Å². The number of esters is 2. The smallest absolute Gasteiger partial charge is 0.305 e. The first-order chi connectivity index (χ1) is 13.1. The Morgan fingerprint density at radius 3 is 2.29 bits per heavy atom. The molecule has 0 N–H and O–H groups in total. The highest BCUT2D eigenvalue weighted by atomic mass is 16.7. The average Bonchev–Trinajstić information content (AvgIpc) is 2.90. The maximum atomic E-state index is 11.7. The first-order valence-electron chi connectivity index (χ1n) is 11.2. The Balaban J connectivity index is 1.63. The summed E-state index contributed by atoms with van der Waals surface area (Å²) in [6.07, 6.45) is 11.0. The van der Waals surface area contributed by atoms with Crippen molar-refractivity contribution in [1.82, 2.24) is 0 Å². The van der Waals surface area contributed by atoms with Crippen molar-refractivity contribution in [3.8, 4) is 0 Å². The number of hydrogen-bond acceptors (Lipinski definition) is 4. The van der Waals surface area contributed by atoms with Crippen LogP contribution in [0.2, 0.25) is 0 Å². The van der Waals surface area contributed by atoms with Gasteiger partial charge in [-0.05, 0) is 73.0 Å². The molecule has 4 aliphatic carbocycles. The van der Waals surface area contributed by atoms with E-state index >= 15 is 0 Å². The Labute approximate surface area is 169 Å². The van der Waals surface area contributed by atoms with E-state index in [0.29, 0.717) is 24.2 Å². The van der Waals surface area contributed by atoms with Crippen LogP contribution in [0.15, 0.2) is 11.6 Å². The van der Waals surface area contributed by atoms with Gasteiger partial charge in [0.25, 0.3) is 5.79 Å². The molecule has 28 heavy (non-hydrogen) atoms. The van der Waals surface area contributed by atoms with E-state index in [2.05, 4.69) is 26.8 Å². The monoisotopic (exact) mass is 388 g/mol. The number of allylic oxidation sites excluding steroid dienone is 1. The third kappa shape index (κ3) is 2.93. The van der Waals surface area contributed by atoms with Crippen LogP contribution in [0.1, 0.15) is 86.0 Å². The zero-order chi connectivity index (χ0) is 20.3. The Morgan fingerprint density at radius 1 is 0.964 bits per heavy atom. The summed E-state index contributed by atoms with van der Waals surface area (Å²) in [5, 5.41) is 0. The summed E-state index contributed by atoms with van der Waals surface area (Å²) < 4.78 is 11.2. The molecule has 4 rings (SSSR count). The molecule has 0 amide bonds. The molecule has 0 bridgehead atoms. The molecule has 4 aliphatic rings. The molecular weight excluding hydrogens is 352 g/mol. The van der Waals surface area contributed by atoms with Crippen LogP contribution in [0.25, 0.3) is 0 Å².